The minimum absolute atomic E-state index is 0.0517. The summed E-state index contributed by atoms with van der Waals surface area (Å²) in [6.07, 6.45) is 2.14. The van der Waals surface area contributed by atoms with Gasteiger partial charge in [-0.3, -0.25) is 4.79 Å². The summed E-state index contributed by atoms with van der Waals surface area (Å²) >= 11 is 6.44. The molecule has 0 spiro atoms. The Morgan fingerprint density at radius 2 is 1.82 bits per heavy atom. The molecule has 2 N–H and O–H groups in total. The summed E-state index contributed by atoms with van der Waals surface area (Å²) in [4.78, 5) is 11.2. The fraction of sp³-hybridized carbons (Fsp3) is 0.286. The van der Waals surface area contributed by atoms with Crippen molar-refractivity contribution < 1.29 is 9.90 Å². The zero-order valence-electron chi connectivity index (χ0n) is 16.1. The molecule has 7 heteroatoms. The maximum absolute atomic E-state index is 11.2. The third kappa shape index (κ3) is 3.66. The van der Waals surface area contributed by atoms with E-state index in [0.29, 0.717) is 10.7 Å². The molecule has 6 nitrogen and oxygen atoms in total. The molecule has 1 saturated carbocycles. The first-order valence-electron chi connectivity index (χ1n) is 8.99. The number of rotatable bonds is 4. The van der Waals surface area contributed by atoms with Crippen LogP contribution in [-0.4, -0.2) is 32.9 Å². The predicted octanol–water partition coefficient (Wildman–Crippen LogP) is 3.78. The second-order valence-corrected chi connectivity index (χ2v) is 7.14. The van der Waals surface area contributed by atoms with E-state index in [2.05, 4.69) is 39.8 Å². The summed E-state index contributed by atoms with van der Waals surface area (Å²) in [7, 11) is 2.98. The van der Waals surface area contributed by atoms with Gasteiger partial charge < -0.3 is 15.0 Å². The first kappa shape index (κ1) is 20.0. The number of aromatic nitrogens is 3. The molecule has 4 rings (SSSR count). The van der Waals surface area contributed by atoms with E-state index in [-0.39, 0.29) is 11.3 Å². The topological polar surface area (TPSA) is 80.0 Å². The van der Waals surface area contributed by atoms with Crippen molar-refractivity contribution in [2.24, 2.45) is 7.05 Å². The highest BCUT2D eigenvalue weighted by atomic mass is 35.5. The van der Waals surface area contributed by atoms with Gasteiger partial charge in [0, 0.05) is 32.3 Å². The average Bonchev–Trinajstić information content (AvgIpc) is 3.41. The normalized spacial score (nSPS) is 14.0. The van der Waals surface area contributed by atoms with Crippen LogP contribution < -0.4 is 5.32 Å². The number of benzene rings is 2. The highest BCUT2D eigenvalue weighted by Gasteiger charge is 2.49. The maximum Gasteiger partial charge on any atom is 0.221 e. The summed E-state index contributed by atoms with van der Waals surface area (Å²) in [6, 6.07) is 15.9. The van der Waals surface area contributed by atoms with Gasteiger partial charge in [0.05, 0.1) is 10.4 Å². The van der Waals surface area contributed by atoms with Crippen LogP contribution in [0.5, 0.6) is 0 Å². The second-order valence-electron chi connectivity index (χ2n) is 6.73. The van der Waals surface area contributed by atoms with Crippen molar-refractivity contribution in [2.45, 2.75) is 25.2 Å². The maximum atomic E-state index is 11.2. The van der Waals surface area contributed by atoms with Gasteiger partial charge >= 0.3 is 0 Å². The van der Waals surface area contributed by atoms with E-state index in [1.165, 1.54) is 12.5 Å². The van der Waals surface area contributed by atoms with Crippen molar-refractivity contribution >= 4 is 23.2 Å². The van der Waals surface area contributed by atoms with Gasteiger partial charge in [-0.25, -0.2) is 0 Å². The number of halogens is 1. The quantitative estimate of drug-likeness (QED) is 0.700. The lowest BCUT2D eigenvalue weighted by Gasteiger charge is -2.15. The highest BCUT2D eigenvalue weighted by Crippen LogP contribution is 2.53. The van der Waals surface area contributed by atoms with E-state index in [4.69, 9.17) is 16.7 Å². The van der Waals surface area contributed by atoms with E-state index < -0.39 is 0 Å². The fourth-order valence-corrected chi connectivity index (χ4v) is 3.75. The average molecular weight is 399 g/mol. The zero-order valence-corrected chi connectivity index (χ0v) is 16.9. The fourth-order valence-electron chi connectivity index (χ4n) is 3.48. The Morgan fingerprint density at radius 1 is 1.14 bits per heavy atom. The number of aliphatic hydroxyl groups is 1. The lowest BCUT2D eigenvalue weighted by Crippen LogP contribution is -2.15. The third-order valence-corrected chi connectivity index (χ3v) is 5.22. The number of hydrogen-bond acceptors (Lipinski definition) is 4. The van der Waals surface area contributed by atoms with E-state index in [9.17, 15) is 4.79 Å². The Balaban J connectivity index is 0.00000109. The molecule has 0 aliphatic heterocycles. The summed E-state index contributed by atoms with van der Waals surface area (Å²) < 4.78 is 2.03. The molecule has 1 heterocycles. The van der Waals surface area contributed by atoms with Crippen molar-refractivity contribution in [1.82, 2.24) is 14.8 Å². The third-order valence-electron chi connectivity index (χ3n) is 4.91. The van der Waals surface area contributed by atoms with E-state index in [1.807, 2.05) is 29.8 Å². The Morgan fingerprint density at radius 3 is 2.39 bits per heavy atom. The number of hydrogen-bond donors (Lipinski definition) is 2. The Hall–Kier alpha value is -2.70. The molecule has 1 fully saturated rings. The molecular formula is C21H23ClN4O2. The molecule has 0 unspecified atom stereocenters. The smallest absolute Gasteiger partial charge is 0.221 e. The lowest BCUT2D eigenvalue weighted by molar-refractivity contribution is -0.114. The summed E-state index contributed by atoms with van der Waals surface area (Å²) in [6.45, 7) is 1.47. The van der Waals surface area contributed by atoms with Gasteiger partial charge in [0.15, 0.2) is 5.82 Å². The monoisotopic (exact) mass is 398 g/mol. The van der Waals surface area contributed by atoms with Gasteiger partial charge in [-0.1, -0.05) is 41.9 Å². The molecule has 1 aromatic heterocycles. The Kier molecular flexibility index (Phi) is 5.82. The van der Waals surface area contributed by atoms with Gasteiger partial charge in [-0.2, -0.15) is 0 Å². The minimum atomic E-state index is -0.131. The summed E-state index contributed by atoms with van der Waals surface area (Å²) in [5.74, 6) is 1.55. The number of nitrogens with one attached hydrogen (secondary N) is 1. The summed E-state index contributed by atoms with van der Waals surface area (Å²) in [5.41, 5.74) is 2.68. The van der Waals surface area contributed by atoms with Crippen LogP contribution >= 0.6 is 11.6 Å². The largest absolute Gasteiger partial charge is 0.400 e. The van der Waals surface area contributed by atoms with Crippen LogP contribution in [0.2, 0.25) is 5.02 Å². The number of amides is 1. The van der Waals surface area contributed by atoms with Crippen LogP contribution in [0.15, 0.2) is 48.5 Å². The van der Waals surface area contributed by atoms with E-state index in [0.717, 1.165) is 37.2 Å². The first-order valence-corrected chi connectivity index (χ1v) is 9.37. The number of aliphatic hydroxyl groups excluding tert-OH is 1. The van der Waals surface area contributed by atoms with Crippen LogP contribution in [0.25, 0.3) is 11.4 Å². The van der Waals surface area contributed by atoms with Gasteiger partial charge in [0.25, 0.3) is 0 Å². The molecule has 0 atom stereocenters. The highest BCUT2D eigenvalue weighted by molar-refractivity contribution is 6.33. The standard InChI is InChI=1S/C20H19ClN4O.CH4O/c1-13(26)22-15-8-9-16(17(21)12-15)18-23-24-19(25(18)2)20(10-11-20)14-6-4-3-5-7-14;1-2/h3-9,12H,10-11H2,1-2H3,(H,22,26);2H,1H3. The molecule has 0 saturated heterocycles. The molecule has 146 valence electrons. The SMILES string of the molecule is CC(=O)Nc1ccc(-c2nnc(C3(c4ccccc4)CC3)n2C)c(Cl)c1.CO. The molecule has 3 aromatic rings. The van der Waals surface area contributed by atoms with Crippen molar-refractivity contribution in [3.05, 3.63) is 64.9 Å². The van der Waals surface area contributed by atoms with Crippen LogP contribution in [0.4, 0.5) is 5.69 Å². The molecule has 28 heavy (non-hydrogen) atoms. The Bertz CT molecular complexity index is 981. The number of carbonyl (C=O) groups is 1. The van der Waals surface area contributed by atoms with Crippen molar-refractivity contribution in [3.63, 3.8) is 0 Å². The first-order chi connectivity index (χ1) is 13.5. The molecular weight excluding hydrogens is 376 g/mol. The molecule has 1 aliphatic rings. The van der Waals surface area contributed by atoms with Crippen LogP contribution in [0, 0.1) is 0 Å². The Labute approximate surface area is 169 Å². The van der Waals surface area contributed by atoms with Gasteiger partial charge in [-0.05, 0) is 36.6 Å². The zero-order chi connectivity index (χ0) is 20.3. The molecule has 2 aromatic carbocycles. The molecule has 0 bridgehead atoms. The minimum Gasteiger partial charge on any atom is -0.400 e. The van der Waals surface area contributed by atoms with Crippen LogP contribution in [0.3, 0.4) is 0 Å². The number of carbonyl (C=O) groups excluding carboxylic acids is 1. The van der Waals surface area contributed by atoms with Crippen molar-refractivity contribution in [2.75, 3.05) is 12.4 Å². The van der Waals surface area contributed by atoms with E-state index >= 15 is 0 Å². The van der Waals surface area contributed by atoms with Gasteiger partial charge in [-0.15, -0.1) is 10.2 Å². The van der Waals surface area contributed by atoms with Crippen LogP contribution in [0.1, 0.15) is 31.2 Å². The number of anilines is 1. The lowest BCUT2D eigenvalue weighted by atomic mass is 9.95. The predicted molar refractivity (Wildman–Crippen MR) is 110 cm³/mol. The second kappa shape index (κ2) is 8.12. The van der Waals surface area contributed by atoms with Crippen molar-refractivity contribution in [3.8, 4) is 11.4 Å². The van der Waals surface area contributed by atoms with Crippen molar-refractivity contribution in [1.29, 1.82) is 0 Å². The molecule has 1 amide bonds. The van der Waals surface area contributed by atoms with Gasteiger partial charge in [0.1, 0.15) is 5.82 Å². The summed E-state index contributed by atoms with van der Waals surface area (Å²) in [5, 5.41) is 19.2. The van der Waals surface area contributed by atoms with Crippen LogP contribution in [-0.2, 0) is 17.3 Å². The van der Waals surface area contributed by atoms with Gasteiger partial charge in [0.2, 0.25) is 5.91 Å². The van der Waals surface area contributed by atoms with E-state index in [1.54, 1.807) is 6.07 Å². The number of nitrogens with zero attached hydrogens (tertiary/aromatic N) is 3. The molecule has 0 radical (unpaired) electrons. The molecule has 1 aliphatic carbocycles.